The number of hydrogen-bond donors (Lipinski definition) is 4. The highest BCUT2D eigenvalue weighted by atomic mass is 33.1. The van der Waals surface area contributed by atoms with Gasteiger partial charge in [0.15, 0.2) is 12.5 Å². The lowest BCUT2D eigenvalue weighted by atomic mass is 10.3. The lowest BCUT2D eigenvalue weighted by Crippen LogP contribution is -2.32. The fourth-order valence-electron chi connectivity index (χ4n) is 3.12. The van der Waals surface area contributed by atoms with Crippen LogP contribution in [0.15, 0.2) is 65.7 Å². The first-order valence-corrected chi connectivity index (χ1v) is 11.5. The SMILES string of the molecule is O=c1ccn([C@@H]2O[C@H](CO)C=C2SSC2=C[C@H](n3ccc(=O)[nH]c3=O)O[C@@H]2CO)c(=O)[nH]1. The van der Waals surface area contributed by atoms with Gasteiger partial charge in [0.1, 0.15) is 12.2 Å². The molecule has 0 saturated carbocycles. The average molecular weight is 482 g/mol. The standard InChI is InChI=1S/C18H18N4O8S2/c23-7-9-5-12(16(29-9)22-4-2-14(26)20-18(22)28)32-31-11-6-15(30-10(11)8-24)21-3-1-13(25)19-17(21)27/h1-6,9-10,15-16,23-24H,7-8H2,(H,19,25,27)(H,20,26,28)/t9-,10+,15+,16+/m0/s1. The number of nitrogens with zero attached hydrogens (tertiary/aromatic N) is 2. The third-order valence-corrected chi connectivity index (χ3v) is 7.24. The maximum absolute atomic E-state index is 12.2. The van der Waals surface area contributed by atoms with Gasteiger partial charge >= 0.3 is 11.4 Å². The molecule has 2 aromatic rings. The summed E-state index contributed by atoms with van der Waals surface area (Å²) in [5, 5.41) is 19.2. The maximum atomic E-state index is 12.2. The number of aromatic nitrogens is 4. The monoisotopic (exact) mass is 482 g/mol. The van der Waals surface area contributed by atoms with Crippen LogP contribution in [0.4, 0.5) is 0 Å². The zero-order valence-corrected chi connectivity index (χ0v) is 17.9. The van der Waals surface area contributed by atoms with E-state index in [1.807, 2.05) is 0 Å². The topological polar surface area (TPSA) is 169 Å². The Bertz CT molecular complexity index is 1290. The Balaban J connectivity index is 1.55. The molecule has 4 rings (SSSR count). The van der Waals surface area contributed by atoms with Gasteiger partial charge in [-0.3, -0.25) is 28.7 Å². The number of ether oxygens (including phenoxy) is 2. The van der Waals surface area contributed by atoms with E-state index in [2.05, 4.69) is 9.97 Å². The molecule has 2 aromatic heterocycles. The molecule has 0 spiro atoms. The molecule has 0 aromatic carbocycles. The van der Waals surface area contributed by atoms with Crippen molar-refractivity contribution in [1.29, 1.82) is 0 Å². The van der Waals surface area contributed by atoms with Crippen molar-refractivity contribution < 1.29 is 19.7 Å². The van der Waals surface area contributed by atoms with Crippen LogP contribution >= 0.6 is 21.6 Å². The van der Waals surface area contributed by atoms with Gasteiger partial charge in [-0.25, -0.2) is 9.59 Å². The maximum Gasteiger partial charge on any atom is 0.330 e. The number of aliphatic hydroxyl groups excluding tert-OH is 2. The number of aromatic amines is 2. The molecule has 12 nitrogen and oxygen atoms in total. The first-order chi connectivity index (χ1) is 15.4. The predicted molar refractivity (Wildman–Crippen MR) is 116 cm³/mol. The molecule has 4 atom stereocenters. The molecule has 0 fully saturated rings. The van der Waals surface area contributed by atoms with Crippen molar-refractivity contribution >= 4 is 21.6 Å². The van der Waals surface area contributed by atoms with Crippen molar-refractivity contribution in [2.75, 3.05) is 13.2 Å². The zero-order chi connectivity index (χ0) is 22.8. The van der Waals surface area contributed by atoms with E-state index in [1.165, 1.54) is 55.2 Å². The smallest absolute Gasteiger partial charge is 0.330 e. The van der Waals surface area contributed by atoms with Crippen LogP contribution in [-0.4, -0.2) is 54.7 Å². The molecule has 32 heavy (non-hydrogen) atoms. The van der Waals surface area contributed by atoms with Crippen LogP contribution in [0.1, 0.15) is 12.5 Å². The van der Waals surface area contributed by atoms with E-state index < -0.39 is 47.2 Å². The van der Waals surface area contributed by atoms with Crippen molar-refractivity contribution in [3.05, 3.63) is 88.2 Å². The summed E-state index contributed by atoms with van der Waals surface area (Å²) in [5.74, 6) is 0. The third-order valence-electron chi connectivity index (χ3n) is 4.63. The minimum Gasteiger partial charge on any atom is -0.393 e. The summed E-state index contributed by atoms with van der Waals surface area (Å²) < 4.78 is 13.8. The van der Waals surface area contributed by atoms with Gasteiger partial charge in [0.25, 0.3) is 11.1 Å². The minimum atomic E-state index is -0.859. The molecule has 2 aliphatic heterocycles. The first-order valence-electron chi connectivity index (χ1n) is 9.33. The van der Waals surface area contributed by atoms with Crippen molar-refractivity contribution in [2.24, 2.45) is 0 Å². The Morgan fingerprint density at radius 1 is 0.844 bits per heavy atom. The molecule has 0 saturated heterocycles. The summed E-state index contributed by atoms with van der Waals surface area (Å²) in [7, 11) is 2.45. The van der Waals surface area contributed by atoms with Crippen LogP contribution in [0.2, 0.25) is 0 Å². The summed E-state index contributed by atoms with van der Waals surface area (Å²) in [5.41, 5.74) is -2.39. The lowest BCUT2D eigenvalue weighted by molar-refractivity contribution is -0.0117. The van der Waals surface area contributed by atoms with Gasteiger partial charge in [0, 0.05) is 34.3 Å². The van der Waals surface area contributed by atoms with Crippen molar-refractivity contribution in [3.63, 3.8) is 0 Å². The summed E-state index contributed by atoms with van der Waals surface area (Å²) in [6.45, 7) is -0.642. The quantitative estimate of drug-likeness (QED) is 0.360. The van der Waals surface area contributed by atoms with E-state index >= 15 is 0 Å². The van der Waals surface area contributed by atoms with Gasteiger partial charge in [0.2, 0.25) is 0 Å². The van der Waals surface area contributed by atoms with Gasteiger partial charge in [-0.05, 0) is 12.2 Å². The van der Waals surface area contributed by atoms with E-state index in [0.717, 1.165) is 0 Å². The molecule has 0 aliphatic carbocycles. The van der Waals surface area contributed by atoms with Gasteiger partial charge < -0.3 is 19.7 Å². The van der Waals surface area contributed by atoms with Crippen LogP contribution in [0.5, 0.6) is 0 Å². The second-order valence-corrected chi connectivity index (χ2v) is 9.02. The van der Waals surface area contributed by atoms with Gasteiger partial charge in [-0.1, -0.05) is 21.6 Å². The molecule has 14 heteroatoms. The van der Waals surface area contributed by atoms with Crippen LogP contribution in [-0.2, 0) is 9.47 Å². The van der Waals surface area contributed by atoms with Crippen LogP contribution in [0, 0.1) is 0 Å². The Labute approximate surface area is 186 Å². The van der Waals surface area contributed by atoms with E-state index in [1.54, 1.807) is 12.2 Å². The number of H-pyrrole nitrogens is 2. The highest BCUT2D eigenvalue weighted by Crippen LogP contribution is 2.48. The number of rotatable bonds is 7. The summed E-state index contributed by atoms with van der Waals surface area (Å²) in [6.07, 6.45) is 2.87. The van der Waals surface area contributed by atoms with Crippen molar-refractivity contribution in [3.8, 4) is 0 Å². The van der Waals surface area contributed by atoms with Crippen molar-refractivity contribution in [2.45, 2.75) is 24.7 Å². The largest absolute Gasteiger partial charge is 0.393 e. The molecular formula is C18H18N4O8S2. The van der Waals surface area contributed by atoms with Crippen LogP contribution in [0.3, 0.4) is 0 Å². The van der Waals surface area contributed by atoms with Gasteiger partial charge in [-0.15, -0.1) is 0 Å². The Kier molecular flexibility index (Phi) is 6.68. The molecule has 4 N–H and O–H groups in total. The second-order valence-electron chi connectivity index (χ2n) is 6.75. The number of nitrogens with one attached hydrogen (secondary N) is 2. The van der Waals surface area contributed by atoms with E-state index in [9.17, 15) is 29.4 Å². The minimum absolute atomic E-state index is 0.300. The number of aliphatic hydroxyl groups is 2. The molecule has 0 amide bonds. The van der Waals surface area contributed by atoms with E-state index in [4.69, 9.17) is 9.47 Å². The molecule has 0 unspecified atom stereocenters. The Hall–Kier alpha value is -2.62. The summed E-state index contributed by atoms with van der Waals surface area (Å²) in [6, 6.07) is 2.38. The molecule has 4 heterocycles. The molecule has 0 bridgehead atoms. The molecule has 170 valence electrons. The Morgan fingerprint density at radius 2 is 1.47 bits per heavy atom. The lowest BCUT2D eigenvalue weighted by Gasteiger charge is -2.18. The van der Waals surface area contributed by atoms with Crippen LogP contribution < -0.4 is 22.5 Å². The predicted octanol–water partition coefficient (Wildman–Crippen LogP) is -0.985. The van der Waals surface area contributed by atoms with E-state index in [0.29, 0.717) is 9.81 Å². The second kappa shape index (κ2) is 9.48. The highest BCUT2D eigenvalue weighted by molar-refractivity contribution is 8.79. The third kappa shape index (κ3) is 4.60. The van der Waals surface area contributed by atoms with Gasteiger partial charge in [-0.2, -0.15) is 0 Å². The highest BCUT2D eigenvalue weighted by Gasteiger charge is 2.33. The van der Waals surface area contributed by atoms with E-state index in [-0.39, 0.29) is 13.2 Å². The summed E-state index contributed by atoms with van der Waals surface area (Å²) in [4.78, 5) is 52.4. The normalized spacial score (nSPS) is 25.1. The fraction of sp³-hybridized carbons (Fsp3) is 0.333. The van der Waals surface area contributed by atoms with Crippen LogP contribution in [0.25, 0.3) is 0 Å². The zero-order valence-electron chi connectivity index (χ0n) is 16.2. The average Bonchev–Trinajstić information content (AvgIpc) is 3.36. The molecular weight excluding hydrogens is 464 g/mol. The first kappa shape index (κ1) is 22.6. The molecule has 0 radical (unpaired) electrons. The Morgan fingerprint density at radius 3 is 2.06 bits per heavy atom. The van der Waals surface area contributed by atoms with Crippen molar-refractivity contribution in [1.82, 2.24) is 19.1 Å². The fourth-order valence-corrected chi connectivity index (χ4v) is 5.66. The van der Waals surface area contributed by atoms with Gasteiger partial charge in [0.05, 0.1) is 13.2 Å². The summed E-state index contributed by atoms with van der Waals surface area (Å²) >= 11 is 0. The number of hydrogen-bond acceptors (Lipinski definition) is 10. The molecule has 2 aliphatic rings.